The van der Waals surface area contributed by atoms with Crippen molar-refractivity contribution >= 4 is 23.8 Å². The Kier molecular flexibility index (Phi) is 9.36. The van der Waals surface area contributed by atoms with Crippen molar-refractivity contribution < 1.29 is 28.7 Å². The van der Waals surface area contributed by atoms with Crippen LogP contribution >= 0.6 is 0 Å². The van der Waals surface area contributed by atoms with Crippen LogP contribution in [0.4, 0.5) is 0 Å². The van der Waals surface area contributed by atoms with Gasteiger partial charge < -0.3 is 20.9 Å². The Bertz CT molecular complexity index is 869. The second kappa shape index (κ2) is 11.6. The Morgan fingerprint density at radius 3 is 1.05 bits per heavy atom. The van der Waals surface area contributed by atoms with Crippen molar-refractivity contribution in [2.75, 3.05) is 13.1 Å². The number of amides is 2. The number of nitrogens with two attached hydrogens (primary N) is 2. The molecule has 0 aromatic carbocycles. The smallest absolute Gasteiger partial charge is 0.309 e. The summed E-state index contributed by atoms with van der Waals surface area (Å²) in [5, 5.41) is 0. The number of carbonyl (C=O) groups is 4. The fraction of sp³-hybridized carbons (Fsp3) is 0.867. The standard InChI is InChI=1S/C30H52N4O6/c1-27(2)13-21(14-28(3,4)33(27)17-23(31)35)39-25(37)19-9-11-20(12-10-19)26(38)40-22-15-29(5,6)34(18-24(32)36)30(7,8)16-22/h19-22H,9-18H2,1-8H3,(H2,31,35)(H2,32,36). The first kappa shape index (κ1) is 32.3. The third-order valence-electron chi connectivity index (χ3n) is 9.42. The zero-order valence-corrected chi connectivity index (χ0v) is 25.9. The second-order valence-corrected chi connectivity index (χ2v) is 14.8. The molecule has 10 heteroatoms. The van der Waals surface area contributed by atoms with Gasteiger partial charge in [0.1, 0.15) is 12.2 Å². The highest BCUT2D eigenvalue weighted by Gasteiger charge is 2.49. The second-order valence-electron chi connectivity index (χ2n) is 14.8. The molecule has 2 aliphatic heterocycles. The summed E-state index contributed by atoms with van der Waals surface area (Å²) < 4.78 is 12.0. The number of primary amides is 2. The maximum Gasteiger partial charge on any atom is 0.309 e. The van der Waals surface area contributed by atoms with E-state index in [4.69, 9.17) is 20.9 Å². The first-order valence-corrected chi connectivity index (χ1v) is 14.8. The van der Waals surface area contributed by atoms with Crippen LogP contribution in [-0.4, -0.2) is 81.0 Å². The van der Waals surface area contributed by atoms with Gasteiger partial charge in [-0.2, -0.15) is 0 Å². The lowest BCUT2D eigenvalue weighted by Crippen LogP contribution is -2.64. The van der Waals surface area contributed by atoms with E-state index in [1.807, 2.05) is 0 Å². The van der Waals surface area contributed by atoms with Crippen LogP contribution in [0, 0.1) is 11.8 Å². The van der Waals surface area contributed by atoms with Crippen LogP contribution < -0.4 is 11.5 Å². The van der Waals surface area contributed by atoms with Crippen LogP contribution in [0.2, 0.25) is 0 Å². The molecule has 10 nitrogen and oxygen atoms in total. The van der Waals surface area contributed by atoms with Gasteiger partial charge in [-0.1, -0.05) is 0 Å². The maximum absolute atomic E-state index is 13.1. The molecule has 1 aliphatic carbocycles. The summed E-state index contributed by atoms with van der Waals surface area (Å²) in [6, 6.07) is 0. The van der Waals surface area contributed by atoms with Gasteiger partial charge in [0.2, 0.25) is 11.8 Å². The van der Waals surface area contributed by atoms with E-state index in [2.05, 4.69) is 65.2 Å². The van der Waals surface area contributed by atoms with Gasteiger partial charge in [-0.3, -0.25) is 29.0 Å². The quantitative estimate of drug-likeness (QED) is 0.428. The zero-order valence-electron chi connectivity index (χ0n) is 25.9. The van der Waals surface area contributed by atoms with Crippen LogP contribution in [0.3, 0.4) is 0 Å². The van der Waals surface area contributed by atoms with Gasteiger partial charge >= 0.3 is 11.9 Å². The van der Waals surface area contributed by atoms with Gasteiger partial charge in [-0.25, -0.2) is 0 Å². The molecule has 3 fully saturated rings. The third kappa shape index (κ3) is 7.55. The lowest BCUT2D eigenvalue weighted by Gasteiger charge is -2.54. The summed E-state index contributed by atoms with van der Waals surface area (Å²) >= 11 is 0. The van der Waals surface area contributed by atoms with E-state index in [-0.39, 0.29) is 83.0 Å². The molecule has 2 saturated heterocycles. The number of hydrogen-bond donors (Lipinski definition) is 2. The van der Waals surface area contributed by atoms with Crippen LogP contribution in [0.5, 0.6) is 0 Å². The fourth-order valence-electron chi connectivity index (χ4n) is 7.87. The lowest BCUT2D eigenvalue weighted by atomic mass is 9.77. The van der Waals surface area contributed by atoms with Crippen molar-refractivity contribution in [1.29, 1.82) is 0 Å². The molecule has 4 N–H and O–H groups in total. The van der Waals surface area contributed by atoms with E-state index >= 15 is 0 Å². The SMILES string of the molecule is CC1(C)CC(OC(=O)C2CCC(C(=O)OC3CC(C)(C)N(CC(N)=O)C(C)(C)C3)CC2)CC(C)(C)N1CC(N)=O. The number of rotatable bonds is 8. The maximum atomic E-state index is 13.1. The van der Waals surface area contributed by atoms with Crippen LogP contribution in [-0.2, 0) is 28.7 Å². The molecule has 0 aromatic heterocycles. The largest absolute Gasteiger partial charge is 0.462 e. The predicted molar refractivity (Wildman–Crippen MR) is 152 cm³/mol. The van der Waals surface area contributed by atoms with E-state index in [1.54, 1.807) is 0 Å². The van der Waals surface area contributed by atoms with Crippen molar-refractivity contribution in [2.24, 2.45) is 23.3 Å². The summed E-state index contributed by atoms with van der Waals surface area (Å²) in [5.41, 5.74) is 9.60. The molecule has 0 atom stereocenters. The molecule has 0 aromatic rings. The van der Waals surface area contributed by atoms with Gasteiger partial charge in [0, 0.05) is 47.8 Å². The van der Waals surface area contributed by atoms with Crippen LogP contribution in [0.15, 0.2) is 0 Å². The summed E-state index contributed by atoms with van der Waals surface area (Å²) in [5.74, 6) is -1.59. The van der Waals surface area contributed by atoms with Gasteiger partial charge in [-0.05, 0) is 81.1 Å². The molecular weight excluding hydrogens is 512 g/mol. The Morgan fingerprint density at radius 1 is 0.575 bits per heavy atom. The van der Waals surface area contributed by atoms with E-state index in [0.717, 1.165) is 0 Å². The average molecular weight is 565 g/mol. The number of likely N-dealkylation sites (tertiary alicyclic amines) is 2. The Labute approximate surface area is 239 Å². The van der Waals surface area contributed by atoms with E-state index < -0.39 is 0 Å². The van der Waals surface area contributed by atoms with Gasteiger partial charge in [0.25, 0.3) is 0 Å². The Morgan fingerprint density at radius 2 is 0.825 bits per heavy atom. The minimum Gasteiger partial charge on any atom is -0.462 e. The van der Waals surface area contributed by atoms with Crippen LogP contribution in [0.1, 0.15) is 107 Å². The van der Waals surface area contributed by atoms with E-state index in [1.165, 1.54) is 0 Å². The van der Waals surface area contributed by atoms with Gasteiger partial charge in [0.15, 0.2) is 0 Å². The van der Waals surface area contributed by atoms with E-state index in [0.29, 0.717) is 51.4 Å². The molecule has 2 heterocycles. The van der Waals surface area contributed by atoms with Gasteiger partial charge in [-0.15, -0.1) is 0 Å². The van der Waals surface area contributed by atoms with Gasteiger partial charge in [0.05, 0.1) is 24.9 Å². The number of nitrogens with zero attached hydrogens (tertiary/aromatic N) is 2. The third-order valence-corrected chi connectivity index (χ3v) is 9.42. The number of esters is 2. The summed E-state index contributed by atoms with van der Waals surface area (Å²) in [6.07, 6.45) is 4.42. The fourth-order valence-corrected chi connectivity index (χ4v) is 7.87. The van der Waals surface area contributed by atoms with Crippen molar-refractivity contribution in [3.05, 3.63) is 0 Å². The zero-order chi connectivity index (χ0) is 30.3. The normalized spacial score (nSPS) is 28.9. The molecule has 3 aliphatic rings. The topological polar surface area (TPSA) is 145 Å². The summed E-state index contributed by atoms with van der Waals surface area (Å²) in [7, 11) is 0. The highest BCUT2D eigenvalue weighted by atomic mass is 16.5. The lowest BCUT2D eigenvalue weighted by molar-refractivity contribution is -0.172. The molecule has 0 spiro atoms. The Balaban J connectivity index is 1.52. The monoisotopic (exact) mass is 564 g/mol. The summed E-state index contributed by atoms with van der Waals surface area (Å²) in [6.45, 7) is 16.8. The minimum absolute atomic E-state index is 0.169. The van der Waals surface area contributed by atoms with Crippen LogP contribution in [0.25, 0.3) is 0 Å². The van der Waals surface area contributed by atoms with Crippen molar-refractivity contribution in [3.63, 3.8) is 0 Å². The average Bonchev–Trinajstić information content (AvgIpc) is 2.77. The first-order chi connectivity index (χ1) is 18.2. The predicted octanol–water partition coefficient (Wildman–Crippen LogP) is 2.89. The van der Waals surface area contributed by atoms with Crippen molar-refractivity contribution in [1.82, 2.24) is 9.80 Å². The number of ether oxygens (including phenoxy) is 2. The molecule has 40 heavy (non-hydrogen) atoms. The molecular formula is C30H52N4O6. The highest BCUT2D eigenvalue weighted by Crippen LogP contribution is 2.42. The van der Waals surface area contributed by atoms with Crippen molar-refractivity contribution in [3.8, 4) is 0 Å². The minimum atomic E-state index is -0.368. The summed E-state index contributed by atoms with van der Waals surface area (Å²) in [4.78, 5) is 53.8. The number of carbonyl (C=O) groups excluding carboxylic acids is 4. The molecule has 2 amide bonds. The number of hydrogen-bond acceptors (Lipinski definition) is 8. The highest BCUT2D eigenvalue weighted by molar-refractivity contribution is 5.77. The first-order valence-electron chi connectivity index (χ1n) is 14.8. The number of piperidine rings is 2. The van der Waals surface area contributed by atoms with Crippen molar-refractivity contribution in [2.45, 2.75) is 141 Å². The molecule has 1 saturated carbocycles. The molecule has 0 bridgehead atoms. The molecule has 3 rings (SSSR count). The molecule has 0 radical (unpaired) electrons. The van der Waals surface area contributed by atoms with E-state index in [9.17, 15) is 19.2 Å². The molecule has 0 unspecified atom stereocenters. The molecule has 228 valence electrons. The Hall–Kier alpha value is -2.20.